The van der Waals surface area contributed by atoms with Crippen LogP contribution in [0.3, 0.4) is 0 Å². The first-order valence-electron chi connectivity index (χ1n) is 14.9. The quantitative estimate of drug-likeness (QED) is 0.161. The second kappa shape index (κ2) is 15.2. The van der Waals surface area contributed by atoms with Crippen molar-refractivity contribution in [3.05, 3.63) is 125 Å². The monoisotopic (exact) mass is 677 g/mol. The molecule has 0 bridgehead atoms. The van der Waals surface area contributed by atoms with Gasteiger partial charge in [-0.05, 0) is 87.5 Å². The standard InChI is InChI=1S/C36H40ClN3O4S2/c1-26-15-17-29(18-16-26)40(46(43,44)31-21-19-30(45-5)20-22-31)25-34(41)39(24-28-13-9-10-14-32(28)37)33(35(42)38-36(2,3)4)23-27-11-7-6-8-12-27/h6-22,33H,23-25H2,1-5H3,(H,38,42)/t33-/m1/s1. The molecule has 0 radical (unpaired) electrons. The van der Waals surface area contributed by atoms with Crippen molar-refractivity contribution in [3.8, 4) is 0 Å². The summed E-state index contributed by atoms with van der Waals surface area (Å²) in [5, 5.41) is 3.47. The number of thioether (sulfide) groups is 1. The fourth-order valence-corrected chi connectivity index (χ4v) is 6.95. The van der Waals surface area contributed by atoms with E-state index in [1.54, 1.807) is 66.7 Å². The zero-order valence-electron chi connectivity index (χ0n) is 26.7. The van der Waals surface area contributed by atoms with Gasteiger partial charge in [-0.2, -0.15) is 0 Å². The van der Waals surface area contributed by atoms with Gasteiger partial charge in [-0.3, -0.25) is 13.9 Å². The van der Waals surface area contributed by atoms with Crippen molar-refractivity contribution >= 4 is 50.9 Å². The van der Waals surface area contributed by atoms with E-state index in [2.05, 4.69) is 5.32 Å². The highest BCUT2D eigenvalue weighted by Gasteiger charge is 2.36. The predicted octanol–water partition coefficient (Wildman–Crippen LogP) is 7.12. The molecule has 10 heteroatoms. The van der Waals surface area contributed by atoms with E-state index in [-0.39, 0.29) is 23.8 Å². The number of halogens is 1. The molecular weight excluding hydrogens is 638 g/mol. The highest BCUT2D eigenvalue weighted by Crippen LogP contribution is 2.28. The lowest BCUT2D eigenvalue weighted by molar-refractivity contribution is -0.140. The maximum absolute atomic E-state index is 14.6. The predicted molar refractivity (Wildman–Crippen MR) is 188 cm³/mol. The van der Waals surface area contributed by atoms with Gasteiger partial charge in [0.05, 0.1) is 10.6 Å². The number of nitrogens with zero attached hydrogens (tertiary/aromatic N) is 2. The van der Waals surface area contributed by atoms with Crippen LogP contribution in [0.4, 0.5) is 5.69 Å². The molecule has 0 fully saturated rings. The van der Waals surface area contributed by atoms with E-state index in [1.165, 1.54) is 16.7 Å². The number of nitrogens with one attached hydrogen (secondary N) is 1. The third kappa shape index (κ3) is 9.15. The number of rotatable bonds is 12. The van der Waals surface area contributed by atoms with Crippen LogP contribution in [-0.4, -0.2) is 49.5 Å². The van der Waals surface area contributed by atoms with E-state index < -0.39 is 34.1 Å². The van der Waals surface area contributed by atoms with Crippen molar-refractivity contribution in [1.82, 2.24) is 10.2 Å². The molecule has 46 heavy (non-hydrogen) atoms. The van der Waals surface area contributed by atoms with E-state index in [9.17, 15) is 18.0 Å². The zero-order valence-corrected chi connectivity index (χ0v) is 29.1. The second-order valence-corrected chi connectivity index (χ2v) is 15.2. The SMILES string of the molecule is CSc1ccc(S(=O)(=O)N(CC(=O)N(Cc2ccccc2Cl)[C@H](Cc2ccccc2)C(=O)NC(C)(C)C)c2ccc(C)cc2)cc1. The van der Waals surface area contributed by atoms with Crippen molar-refractivity contribution in [2.45, 2.75) is 62.0 Å². The largest absolute Gasteiger partial charge is 0.350 e. The summed E-state index contributed by atoms with van der Waals surface area (Å²) in [7, 11) is -4.19. The molecule has 0 saturated heterocycles. The normalized spacial score (nSPS) is 12.3. The molecule has 4 rings (SSSR count). The topological polar surface area (TPSA) is 86.8 Å². The van der Waals surface area contributed by atoms with Crippen LogP contribution < -0.4 is 9.62 Å². The van der Waals surface area contributed by atoms with Crippen LogP contribution in [0.5, 0.6) is 0 Å². The van der Waals surface area contributed by atoms with Crippen LogP contribution in [0.1, 0.15) is 37.5 Å². The van der Waals surface area contributed by atoms with Crippen LogP contribution in [0.25, 0.3) is 0 Å². The number of benzene rings is 4. The number of amides is 2. The van der Waals surface area contributed by atoms with E-state index in [4.69, 9.17) is 11.6 Å². The Morgan fingerprint density at radius 1 is 0.870 bits per heavy atom. The summed E-state index contributed by atoms with van der Waals surface area (Å²) in [6, 6.07) is 29.1. The Kier molecular flexibility index (Phi) is 11.6. The van der Waals surface area contributed by atoms with Gasteiger partial charge in [0.15, 0.2) is 0 Å². The lowest BCUT2D eigenvalue weighted by atomic mass is 10.0. The van der Waals surface area contributed by atoms with Gasteiger partial charge in [0, 0.05) is 28.4 Å². The number of hydrogen-bond donors (Lipinski definition) is 1. The van der Waals surface area contributed by atoms with Gasteiger partial charge < -0.3 is 10.2 Å². The van der Waals surface area contributed by atoms with Gasteiger partial charge in [0.2, 0.25) is 11.8 Å². The van der Waals surface area contributed by atoms with Gasteiger partial charge in [0.25, 0.3) is 10.0 Å². The number of hydrogen-bond acceptors (Lipinski definition) is 5. The Balaban J connectivity index is 1.82. The molecule has 4 aromatic carbocycles. The van der Waals surface area contributed by atoms with Crippen molar-refractivity contribution in [3.63, 3.8) is 0 Å². The molecule has 2 amide bonds. The fraction of sp³-hybridized carbons (Fsp3) is 0.278. The minimum absolute atomic E-state index is 0.00221. The molecule has 0 aromatic heterocycles. The summed E-state index contributed by atoms with van der Waals surface area (Å²) in [4.78, 5) is 31.0. The molecule has 0 aliphatic carbocycles. The highest BCUT2D eigenvalue weighted by atomic mass is 35.5. The molecule has 0 heterocycles. The van der Waals surface area contributed by atoms with E-state index in [0.717, 1.165) is 20.3 Å². The maximum atomic E-state index is 14.6. The Morgan fingerprint density at radius 2 is 1.48 bits per heavy atom. The molecule has 0 spiro atoms. The van der Waals surface area contributed by atoms with E-state index in [0.29, 0.717) is 16.3 Å². The summed E-state index contributed by atoms with van der Waals surface area (Å²) in [6.07, 6.45) is 2.13. The van der Waals surface area contributed by atoms with Crippen molar-refractivity contribution < 1.29 is 18.0 Å². The molecular formula is C36H40ClN3O4S2. The highest BCUT2D eigenvalue weighted by molar-refractivity contribution is 7.98. The molecule has 0 unspecified atom stereocenters. The molecule has 4 aromatic rings. The Bertz CT molecular complexity index is 1740. The maximum Gasteiger partial charge on any atom is 0.264 e. The average molecular weight is 678 g/mol. The smallest absolute Gasteiger partial charge is 0.264 e. The number of anilines is 1. The fourth-order valence-electron chi connectivity index (χ4n) is 4.93. The first-order chi connectivity index (χ1) is 21.8. The average Bonchev–Trinajstić information content (AvgIpc) is 3.02. The molecule has 1 N–H and O–H groups in total. The Morgan fingerprint density at radius 3 is 2.07 bits per heavy atom. The number of sulfonamides is 1. The van der Waals surface area contributed by atoms with Gasteiger partial charge in [0.1, 0.15) is 12.6 Å². The van der Waals surface area contributed by atoms with Gasteiger partial charge in [-0.1, -0.05) is 77.8 Å². The van der Waals surface area contributed by atoms with Gasteiger partial charge in [-0.25, -0.2) is 8.42 Å². The van der Waals surface area contributed by atoms with Gasteiger partial charge in [-0.15, -0.1) is 11.8 Å². The van der Waals surface area contributed by atoms with E-state index in [1.807, 2.05) is 70.3 Å². The van der Waals surface area contributed by atoms with Crippen LogP contribution in [0, 0.1) is 6.92 Å². The van der Waals surface area contributed by atoms with Crippen LogP contribution in [-0.2, 0) is 32.6 Å². The number of carbonyl (C=O) groups is 2. The molecule has 242 valence electrons. The van der Waals surface area contributed by atoms with E-state index >= 15 is 0 Å². The molecule has 0 aliphatic rings. The summed E-state index contributed by atoms with van der Waals surface area (Å²) in [5.74, 6) is -0.899. The lowest BCUT2D eigenvalue weighted by Gasteiger charge is -2.35. The minimum Gasteiger partial charge on any atom is -0.350 e. The van der Waals surface area contributed by atoms with Crippen molar-refractivity contribution in [2.24, 2.45) is 0 Å². The van der Waals surface area contributed by atoms with Crippen LogP contribution in [0.15, 0.2) is 113 Å². The minimum atomic E-state index is -4.19. The molecule has 0 saturated carbocycles. The molecule has 0 aliphatic heterocycles. The van der Waals surface area contributed by atoms with Crippen molar-refractivity contribution in [1.29, 1.82) is 0 Å². The summed E-state index contributed by atoms with van der Waals surface area (Å²) >= 11 is 8.07. The van der Waals surface area contributed by atoms with Gasteiger partial charge >= 0.3 is 0 Å². The number of carbonyl (C=O) groups excluding carboxylic acids is 2. The second-order valence-electron chi connectivity index (χ2n) is 12.1. The third-order valence-electron chi connectivity index (χ3n) is 7.32. The first-order valence-corrected chi connectivity index (χ1v) is 17.9. The third-order valence-corrected chi connectivity index (χ3v) is 10.2. The van der Waals surface area contributed by atoms with Crippen LogP contribution in [0.2, 0.25) is 5.02 Å². The summed E-state index contributed by atoms with van der Waals surface area (Å²) in [6.45, 7) is 6.99. The molecule has 1 atom stereocenters. The first kappa shape index (κ1) is 35.1. The summed E-state index contributed by atoms with van der Waals surface area (Å²) in [5.41, 5.74) is 2.19. The Labute approximate surface area is 282 Å². The van der Waals surface area contributed by atoms with Crippen molar-refractivity contribution in [2.75, 3.05) is 17.1 Å². The molecule has 7 nitrogen and oxygen atoms in total. The number of aryl methyl sites for hydroxylation is 1. The summed E-state index contributed by atoms with van der Waals surface area (Å²) < 4.78 is 29.6. The Hall–Kier alpha value is -3.79. The van der Waals surface area contributed by atoms with Crippen LogP contribution >= 0.6 is 23.4 Å². The zero-order chi connectivity index (χ0) is 33.5. The lowest BCUT2D eigenvalue weighted by Crippen LogP contribution is -2.56.